The molecule has 0 radical (unpaired) electrons. The molecule has 1 N–H and O–H groups in total. The summed E-state index contributed by atoms with van der Waals surface area (Å²) in [6.45, 7) is 9.39. The van der Waals surface area contributed by atoms with Crippen molar-refractivity contribution in [1.29, 1.82) is 0 Å². The van der Waals surface area contributed by atoms with E-state index in [1.807, 2.05) is 0 Å². The Bertz CT molecular complexity index is 556. The third-order valence-electron chi connectivity index (χ3n) is 8.64. The van der Waals surface area contributed by atoms with Crippen LogP contribution in [0.4, 0.5) is 0 Å². The van der Waals surface area contributed by atoms with Crippen molar-refractivity contribution < 1.29 is 4.57 Å². The van der Waals surface area contributed by atoms with Gasteiger partial charge in [-0.3, -0.25) is 0 Å². The number of nitrogens with zero attached hydrogens (tertiary/aromatic N) is 1. The summed E-state index contributed by atoms with van der Waals surface area (Å²) in [6, 6.07) is 0.622. The molecule has 1 unspecified atom stereocenters. The molecule has 0 fully saturated rings. The zero-order chi connectivity index (χ0) is 26.8. The lowest BCUT2D eigenvalue weighted by atomic mass is 9.92. The predicted octanol–water partition coefficient (Wildman–Crippen LogP) is 12.1. The molecule has 1 rings (SSSR count). The van der Waals surface area contributed by atoms with E-state index in [0.717, 1.165) is 0 Å². The van der Waals surface area contributed by atoms with Crippen molar-refractivity contribution >= 4 is 0 Å². The highest BCUT2D eigenvalue weighted by Crippen LogP contribution is 2.27. The molecule has 0 aliphatic rings. The Hall–Kier alpha value is -0.790. The summed E-state index contributed by atoms with van der Waals surface area (Å²) in [5, 5.41) is 0. The molecule has 1 atom stereocenters. The Balaban J connectivity index is 2.48. The van der Waals surface area contributed by atoms with Crippen LogP contribution in [-0.2, 0) is 0 Å². The van der Waals surface area contributed by atoms with Crippen LogP contribution >= 0.6 is 0 Å². The van der Waals surface area contributed by atoms with E-state index in [2.05, 4.69) is 49.6 Å². The number of unbranched alkanes of at least 4 members (excludes halogenated alkanes) is 20. The molecular formula is C35H69N2+. The minimum atomic E-state index is 0.622. The highest BCUT2D eigenvalue weighted by Gasteiger charge is 2.25. The molecule has 1 aromatic rings. The molecular weight excluding hydrogens is 448 g/mol. The fourth-order valence-electron chi connectivity index (χ4n) is 6.07. The first-order chi connectivity index (χ1) is 18.2. The van der Waals surface area contributed by atoms with Gasteiger partial charge in [0, 0.05) is 0 Å². The number of aromatic amines is 1. The van der Waals surface area contributed by atoms with Crippen molar-refractivity contribution in [3.8, 4) is 0 Å². The average Bonchev–Trinajstić information content (AvgIpc) is 3.40. The number of imidazole rings is 1. The Morgan fingerprint density at radius 1 is 0.514 bits per heavy atom. The molecule has 0 bridgehead atoms. The van der Waals surface area contributed by atoms with Gasteiger partial charge in [-0.2, -0.15) is 0 Å². The highest BCUT2D eigenvalue weighted by atomic mass is 15.1. The summed E-state index contributed by atoms with van der Waals surface area (Å²) >= 11 is 0. The summed E-state index contributed by atoms with van der Waals surface area (Å²) in [5.74, 6) is 2.24. The number of rotatable bonds is 28. The first-order valence-corrected chi connectivity index (χ1v) is 17.3. The summed E-state index contributed by atoms with van der Waals surface area (Å²) in [7, 11) is 0. The van der Waals surface area contributed by atoms with Gasteiger partial charge in [-0.25, -0.2) is 9.55 Å². The van der Waals surface area contributed by atoms with Crippen molar-refractivity contribution in [2.45, 2.75) is 207 Å². The van der Waals surface area contributed by atoms with Crippen LogP contribution < -0.4 is 4.57 Å². The number of aromatic nitrogens is 2. The maximum absolute atomic E-state index is 3.72. The Kier molecular flexibility index (Phi) is 23.6. The molecule has 218 valence electrons. The lowest BCUT2D eigenvalue weighted by Crippen LogP contribution is -2.41. The van der Waals surface area contributed by atoms with Crippen LogP contribution in [0.25, 0.3) is 0 Å². The van der Waals surface area contributed by atoms with Gasteiger partial charge in [0.2, 0.25) is 0 Å². The normalized spacial score (nSPS) is 12.6. The quantitative estimate of drug-likeness (QED) is 0.0842. The van der Waals surface area contributed by atoms with Crippen LogP contribution in [0.15, 0.2) is 12.4 Å². The second kappa shape index (κ2) is 25.5. The van der Waals surface area contributed by atoms with Gasteiger partial charge >= 0.3 is 0 Å². The van der Waals surface area contributed by atoms with Gasteiger partial charge < -0.3 is 0 Å². The van der Waals surface area contributed by atoms with Crippen molar-refractivity contribution in [3.05, 3.63) is 18.2 Å². The Labute approximate surface area is 234 Å². The summed E-state index contributed by atoms with van der Waals surface area (Å²) in [4.78, 5) is 3.72. The highest BCUT2D eigenvalue weighted by molar-refractivity contribution is 4.90. The molecule has 0 spiro atoms. The molecule has 1 heterocycles. The number of hydrogen-bond acceptors (Lipinski definition) is 0. The third-order valence-corrected chi connectivity index (χ3v) is 8.64. The monoisotopic (exact) mass is 518 g/mol. The van der Waals surface area contributed by atoms with E-state index >= 15 is 0 Å². The second-order valence-electron chi connectivity index (χ2n) is 12.2. The van der Waals surface area contributed by atoms with E-state index in [-0.39, 0.29) is 0 Å². The molecule has 0 amide bonds. The summed E-state index contributed by atoms with van der Waals surface area (Å²) in [5.41, 5.74) is 0. The van der Waals surface area contributed by atoms with E-state index in [9.17, 15) is 0 Å². The zero-order valence-corrected chi connectivity index (χ0v) is 26.1. The molecule has 2 heteroatoms. The van der Waals surface area contributed by atoms with Gasteiger partial charge in [0.15, 0.2) is 0 Å². The Morgan fingerprint density at radius 2 is 0.865 bits per heavy atom. The van der Waals surface area contributed by atoms with E-state index in [4.69, 9.17) is 0 Å². The number of nitrogens with one attached hydrogen (secondary N) is 1. The molecule has 1 aromatic heterocycles. The lowest BCUT2D eigenvalue weighted by molar-refractivity contribution is -0.727. The smallest absolute Gasteiger partial charge is 0.247 e. The SMILES string of the molecule is CCCCCCCCCCCC(CCCCCCCCCCC)c1[nH]cc[n+]1C(C)CCCCCCC. The van der Waals surface area contributed by atoms with Gasteiger partial charge in [0.1, 0.15) is 12.4 Å². The minimum Gasteiger partial charge on any atom is -0.247 e. The van der Waals surface area contributed by atoms with Gasteiger partial charge in [-0.05, 0) is 32.6 Å². The van der Waals surface area contributed by atoms with Crippen LogP contribution in [0.2, 0.25) is 0 Å². The van der Waals surface area contributed by atoms with Crippen molar-refractivity contribution in [1.82, 2.24) is 4.98 Å². The summed E-state index contributed by atoms with van der Waals surface area (Å²) < 4.78 is 2.62. The number of hydrogen-bond donors (Lipinski definition) is 1. The first kappa shape index (κ1) is 34.2. The van der Waals surface area contributed by atoms with Crippen LogP contribution in [-0.4, -0.2) is 4.98 Å². The molecule has 0 aliphatic carbocycles. The predicted molar refractivity (Wildman–Crippen MR) is 166 cm³/mol. The third kappa shape index (κ3) is 18.2. The molecule has 0 aromatic carbocycles. The van der Waals surface area contributed by atoms with Crippen LogP contribution in [0, 0.1) is 0 Å². The zero-order valence-electron chi connectivity index (χ0n) is 26.1. The fraction of sp³-hybridized carbons (Fsp3) is 0.914. The van der Waals surface area contributed by atoms with Crippen LogP contribution in [0.5, 0.6) is 0 Å². The maximum Gasteiger partial charge on any atom is 0.257 e. The van der Waals surface area contributed by atoms with E-state index in [0.29, 0.717) is 12.0 Å². The molecule has 0 saturated carbocycles. The first-order valence-electron chi connectivity index (χ1n) is 17.3. The van der Waals surface area contributed by atoms with Crippen molar-refractivity contribution in [2.24, 2.45) is 0 Å². The average molecular weight is 518 g/mol. The van der Waals surface area contributed by atoms with Crippen LogP contribution in [0.3, 0.4) is 0 Å². The van der Waals surface area contributed by atoms with Crippen molar-refractivity contribution in [2.75, 3.05) is 0 Å². The minimum absolute atomic E-state index is 0.622. The maximum atomic E-state index is 3.72. The molecule has 2 nitrogen and oxygen atoms in total. The van der Waals surface area contributed by atoms with E-state index < -0.39 is 0 Å². The second-order valence-corrected chi connectivity index (χ2v) is 12.2. The topological polar surface area (TPSA) is 19.7 Å². The van der Waals surface area contributed by atoms with E-state index in [1.54, 1.807) is 0 Å². The standard InChI is InChI=1S/C35H68N2/c1-5-8-11-14-16-18-20-23-26-29-34(30-27-24-21-19-17-15-12-9-6-2)35-36-31-32-37(35)33(4)28-25-22-13-10-7-3/h31-34H,5-30H2,1-4H3/p+1. The van der Waals surface area contributed by atoms with Crippen molar-refractivity contribution in [3.63, 3.8) is 0 Å². The lowest BCUT2D eigenvalue weighted by Gasteiger charge is -2.17. The summed E-state index contributed by atoms with van der Waals surface area (Å²) in [6.07, 6.45) is 41.2. The molecule has 0 saturated heterocycles. The largest absolute Gasteiger partial charge is 0.257 e. The van der Waals surface area contributed by atoms with Gasteiger partial charge in [-0.15, -0.1) is 0 Å². The fourth-order valence-corrected chi connectivity index (χ4v) is 6.07. The molecule has 37 heavy (non-hydrogen) atoms. The van der Waals surface area contributed by atoms with E-state index in [1.165, 1.54) is 173 Å². The Morgan fingerprint density at radius 3 is 1.27 bits per heavy atom. The molecule has 0 aliphatic heterocycles. The van der Waals surface area contributed by atoms with Gasteiger partial charge in [0.05, 0.1) is 12.0 Å². The van der Waals surface area contributed by atoms with Gasteiger partial charge in [-0.1, -0.05) is 162 Å². The number of H-pyrrole nitrogens is 1. The van der Waals surface area contributed by atoms with Crippen LogP contribution in [0.1, 0.15) is 212 Å². The van der Waals surface area contributed by atoms with Gasteiger partial charge in [0.25, 0.3) is 5.82 Å².